The molecular formula is C36H39NO2. The number of benzene rings is 4. The molecule has 0 N–H and O–H groups in total. The number of ether oxygens (including phenoxy) is 1. The first-order valence-electron chi connectivity index (χ1n) is 14.2. The molecule has 0 saturated heterocycles. The van der Waals surface area contributed by atoms with Crippen LogP contribution in [-0.4, -0.2) is 18.2 Å². The van der Waals surface area contributed by atoms with E-state index in [2.05, 4.69) is 67.4 Å². The first-order chi connectivity index (χ1) is 19.1. The van der Waals surface area contributed by atoms with Gasteiger partial charge in [0.2, 0.25) is 0 Å². The standard InChI is InChI=1S/C36H39NO2/c1-3-4-5-6-8-11-29-14-18-32(19-15-29)33-20-22-34(23-21-33)36(38)39-35-24-16-31(17-25-35)27-37-28(2)26-30-12-9-7-10-13-30/h7,9-10,12-25,27-28H,3-6,8,11,26H2,1-2H3. The van der Waals surface area contributed by atoms with E-state index in [0.717, 1.165) is 29.5 Å². The zero-order valence-electron chi connectivity index (χ0n) is 23.2. The second kappa shape index (κ2) is 14.8. The Labute approximate surface area is 233 Å². The highest BCUT2D eigenvalue weighted by molar-refractivity contribution is 5.91. The highest BCUT2D eigenvalue weighted by Crippen LogP contribution is 2.22. The van der Waals surface area contributed by atoms with Crippen LogP contribution in [0.4, 0.5) is 0 Å². The third-order valence-electron chi connectivity index (χ3n) is 6.92. The van der Waals surface area contributed by atoms with E-state index >= 15 is 0 Å². The summed E-state index contributed by atoms with van der Waals surface area (Å²) in [6.07, 6.45) is 10.4. The third kappa shape index (κ3) is 9.07. The van der Waals surface area contributed by atoms with Crippen LogP contribution in [0.15, 0.2) is 108 Å². The summed E-state index contributed by atoms with van der Waals surface area (Å²) in [5, 5.41) is 0. The molecular weight excluding hydrogens is 478 g/mol. The van der Waals surface area contributed by atoms with E-state index in [4.69, 9.17) is 4.74 Å². The van der Waals surface area contributed by atoms with Crippen molar-refractivity contribution in [3.05, 3.63) is 125 Å². The number of esters is 1. The van der Waals surface area contributed by atoms with Crippen LogP contribution in [0.1, 0.15) is 73.0 Å². The lowest BCUT2D eigenvalue weighted by molar-refractivity contribution is 0.0735. The second-order valence-corrected chi connectivity index (χ2v) is 10.2. The maximum Gasteiger partial charge on any atom is 0.343 e. The Balaban J connectivity index is 1.26. The number of unbranched alkanes of at least 4 members (excludes halogenated alkanes) is 4. The van der Waals surface area contributed by atoms with E-state index in [0.29, 0.717) is 11.3 Å². The van der Waals surface area contributed by atoms with Crippen molar-refractivity contribution in [3.8, 4) is 16.9 Å². The lowest BCUT2D eigenvalue weighted by Crippen LogP contribution is -2.08. The van der Waals surface area contributed by atoms with Crippen molar-refractivity contribution in [2.45, 2.75) is 64.8 Å². The van der Waals surface area contributed by atoms with E-state index in [9.17, 15) is 4.79 Å². The maximum absolute atomic E-state index is 12.7. The Kier molecular flexibility index (Phi) is 10.7. The SMILES string of the molecule is CCCCCCCc1ccc(-c2ccc(C(=O)Oc3ccc(C=NC(C)Cc4ccccc4)cc3)cc2)cc1. The Morgan fingerprint density at radius 2 is 1.38 bits per heavy atom. The van der Waals surface area contributed by atoms with Gasteiger partial charge in [-0.15, -0.1) is 0 Å². The minimum absolute atomic E-state index is 0.186. The quantitative estimate of drug-likeness (QED) is 0.0767. The Morgan fingerprint density at radius 1 is 0.744 bits per heavy atom. The number of aryl methyl sites for hydroxylation is 1. The number of rotatable bonds is 13. The van der Waals surface area contributed by atoms with Crippen molar-refractivity contribution < 1.29 is 9.53 Å². The number of carbonyl (C=O) groups is 1. The van der Waals surface area contributed by atoms with Gasteiger partial charge in [-0.2, -0.15) is 0 Å². The summed E-state index contributed by atoms with van der Waals surface area (Å²) >= 11 is 0. The summed E-state index contributed by atoms with van der Waals surface area (Å²) in [6, 6.07) is 34.4. The van der Waals surface area contributed by atoms with Crippen molar-refractivity contribution in [3.63, 3.8) is 0 Å². The van der Waals surface area contributed by atoms with Crippen LogP contribution in [0, 0.1) is 0 Å². The predicted octanol–water partition coefficient (Wildman–Crippen LogP) is 9.14. The normalized spacial score (nSPS) is 11.9. The molecule has 0 amide bonds. The fraction of sp³-hybridized carbons (Fsp3) is 0.278. The van der Waals surface area contributed by atoms with Crippen LogP contribution in [0.2, 0.25) is 0 Å². The average Bonchev–Trinajstić information content (AvgIpc) is 2.98. The lowest BCUT2D eigenvalue weighted by Gasteiger charge is -2.08. The predicted molar refractivity (Wildman–Crippen MR) is 163 cm³/mol. The fourth-order valence-electron chi connectivity index (χ4n) is 4.60. The van der Waals surface area contributed by atoms with Gasteiger partial charge >= 0.3 is 5.97 Å². The summed E-state index contributed by atoms with van der Waals surface area (Å²) < 4.78 is 5.60. The maximum atomic E-state index is 12.7. The van der Waals surface area contributed by atoms with Crippen LogP contribution in [0.25, 0.3) is 11.1 Å². The molecule has 1 unspecified atom stereocenters. The molecule has 0 aromatic heterocycles. The summed E-state index contributed by atoms with van der Waals surface area (Å²) in [5.41, 5.74) is 6.41. The number of carbonyl (C=O) groups excluding carboxylic acids is 1. The van der Waals surface area contributed by atoms with Crippen molar-refractivity contribution in [1.29, 1.82) is 0 Å². The molecule has 3 nitrogen and oxygen atoms in total. The van der Waals surface area contributed by atoms with Gasteiger partial charge in [-0.05, 0) is 90.4 Å². The van der Waals surface area contributed by atoms with Gasteiger partial charge in [0.05, 0.1) is 11.6 Å². The van der Waals surface area contributed by atoms with Gasteiger partial charge in [-0.3, -0.25) is 4.99 Å². The summed E-state index contributed by atoms with van der Waals surface area (Å²) in [6.45, 7) is 4.36. The van der Waals surface area contributed by atoms with Crippen LogP contribution < -0.4 is 4.74 Å². The van der Waals surface area contributed by atoms with E-state index in [-0.39, 0.29) is 12.0 Å². The summed E-state index contributed by atoms with van der Waals surface area (Å²) in [5.74, 6) is 0.154. The molecule has 0 fully saturated rings. The Bertz CT molecular complexity index is 1310. The number of hydrogen-bond acceptors (Lipinski definition) is 3. The van der Waals surface area contributed by atoms with Crippen LogP contribution in [-0.2, 0) is 12.8 Å². The second-order valence-electron chi connectivity index (χ2n) is 10.2. The zero-order valence-corrected chi connectivity index (χ0v) is 23.2. The van der Waals surface area contributed by atoms with Crippen LogP contribution in [0.3, 0.4) is 0 Å². The lowest BCUT2D eigenvalue weighted by atomic mass is 10.00. The molecule has 0 aliphatic heterocycles. The molecule has 4 aromatic rings. The summed E-state index contributed by atoms with van der Waals surface area (Å²) in [4.78, 5) is 17.4. The molecule has 1 atom stereocenters. The van der Waals surface area contributed by atoms with E-state index in [1.54, 1.807) is 12.1 Å². The average molecular weight is 518 g/mol. The largest absolute Gasteiger partial charge is 0.423 e. The Hall–Kier alpha value is -3.98. The van der Waals surface area contributed by atoms with Gasteiger partial charge < -0.3 is 4.74 Å². The zero-order chi connectivity index (χ0) is 27.3. The topological polar surface area (TPSA) is 38.7 Å². The third-order valence-corrected chi connectivity index (χ3v) is 6.92. The molecule has 0 spiro atoms. The smallest absolute Gasteiger partial charge is 0.343 e. The van der Waals surface area contributed by atoms with Gasteiger partial charge in [0.15, 0.2) is 0 Å². The van der Waals surface area contributed by atoms with Crippen LogP contribution in [0.5, 0.6) is 5.75 Å². The van der Waals surface area contributed by atoms with Gasteiger partial charge in [0.1, 0.15) is 5.75 Å². The van der Waals surface area contributed by atoms with Gasteiger partial charge in [0.25, 0.3) is 0 Å². The van der Waals surface area contributed by atoms with Crippen molar-refractivity contribution in [2.75, 3.05) is 0 Å². The molecule has 0 heterocycles. The molecule has 4 rings (SSSR count). The Morgan fingerprint density at radius 3 is 2.05 bits per heavy atom. The highest BCUT2D eigenvalue weighted by atomic mass is 16.5. The van der Waals surface area contributed by atoms with Crippen LogP contribution >= 0.6 is 0 Å². The molecule has 0 bridgehead atoms. The molecule has 0 aliphatic carbocycles. The number of hydrogen-bond donors (Lipinski definition) is 0. The monoisotopic (exact) mass is 517 g/mol. The molecule has 39 heavy (non-hydrogen) atoms. The first-order valence-corrected chi connectivity index (χ1v) is 14.2. The van der Waals surface area contributed by atoms with Gasteiger partial charge in [0, 0.05) is 6.21 Å². The van der Waals surface area contributed by atoms with Gasteiger partial charge in [-0.1, -0.05) is 99.3 Å². The molecule has 0 saturated carbocycles. The molecule has 3 heteroatoms. The summed E-state index contributed by atoms with van der Waals surface area (Å²) in [7, 11) is 0. The molecule has 200 valence electrons. The van der Waals surface area contributed by atoms with E-state index in [1.807, 2.05) is 48.7 Å². The number of nitrogens with zero attached hydrogens (tertiary/aromatic N) is 1. The molecule has 0 aliphatic rings. The number of aliphatic imine (C=N–C) groups is 1. The highest BCUT2D eigenvalue weighted by Gasteiger charge is 2.09. The molecule has 0 radical (unpaired) electrons. The van der Waals surface area contributed by atoms with Gasteiger partial charge in [-0.25, -0.2) is 4.79 Å². The van der Waals surface area contributed by atoms with E-state index < -0.39 is 0 Å². The van der Waals surface area contributed by atoms with Crippen molar-refractivity contribution in [1.82, 2.24) is 0 Å². The minimum Gasteiger partial charge on any atom is -0.423 e. The first kappa shape index (κ1) is 28.0. The van der Waals surface area contributed by atoms with Crippen molar-refractivity contribution >= 4 is 12.2 Å². The molecule has 4 aromatic carbocycles. The van der Waals surface area contributed by atoms with E-state index in [1.165, 1.54) is 43.2 Å². The fourth-order valence-corrected chi connectivity index (χ4v) is 4.60. The van der Waals surface area contributed by atoms with Crippen molar-refractivity contribution in [2.24, 2.45) is 4.99 Å². The minimum atomic E-state index is -0.363.